The van der Waals surface area contributed by atoms with Crippen LogP contribution in [-0.4, -0.2) is 21.5 Å². The summed E-state index contributed by atoms with van der Waals surface area (Å²) in [6, 6.07) is 4.48. The molecule has 96 valence electrons. The first-order chi connectivity index (χ1) is 8.56. The summed E-state index contributed by atoms with van der Waals surface area (Å²) in [5.74, 6) is 0.672. The minimum atomic E-state index is -0.310. The summed E-state index contributed by atoms with van der Waals surface area (Å²) in [6.07, 6.45) is 3.68. The monoisotopic (exact) mass is 267 g/mol. The Hall–Kier alpha value is -1.39. The molecule has 0 aliphatic rings. The Morgan fingerprint density at radius 3 is 2.78 bits per heavy atom. The lowest BCUT2D eigenvalue weighted by Gasteiger charge is -2.17. The average molecular weight is 268 g/mol. The molecule has 0 aliphatic carbocycles. The topological polar surface area (TPSA) is 21.1 Å². The molecule has 1 aromatic carbocycles. The van der Waals surface area contributed by atoms with Crippen molar-refractivity contribution in [3.63, 3.8) is 0 Å². The molecule has 0 bridgehead atoms. The first kappa shape index (κ1) is 13.1. The highest BCUT2D eigenvalue weighted by atomic mass is 35.5. The van der Waals surface area contributed by atoms with Crippen molar-refractivity contribution in [2.75, 3.05) is 7.05 Å². The molecule has 0 saturated heterocycles. The number of hydrogen-bond acceptors (Lipinski definition) is 2. The van der Waals surface area contributed by atoms with Crippen molar-refractivity contribution in [1.82, 2.24) is 14.5 Å². The van der Waals surface area contributed by atoms with Crippen molar-refractivity contribution in [2.45, 2.75) is 13.1 Å². The Balaban J connectivity index is 2.03. The van der Waals surface area contributed by atoms with E-state index in [1.54, 1.807) is 12.3 Å². The van der Waals surface area contributed by atoms with Gasteiger partial charge in [0.1, 0.15) is 11.6 Å². The molecule has 2 rings (SSSR count). The molecule has 0 aliphatic heterocycles. The van der Waals surface area contributed by atoms with E-state index in [1.165, 1.54) is 12.1 Å². The van der Waals surface area contributed by atoms with Crippen LogP contribution in [0, 0.1) is 5.82 Å². The lowest BCUT2D eigenvalue weighted by molar-refractivity contribution is 0.307. The van der Waals surface area contributed by atoms with Crippen molar-refractivity contribution >= 4 is 11.6 Å². The Bertz CT molecular complexity index is 539. The molecule has 0 radical (unpaired) electrons. The van der Waals surface area contributed by atoms with Crippen LogP contribution in [0.5, 0.6) is 0 Å². The van der Waals surface area contributed by atoms with Crippen LogP contribution >= 0.6 is 11.6 Å². The Labute approximate surface area is 111 Å². The second-order valence-corrected chi connectivity index (χ2v) is 4.77. The maximum atomic E-state index is 12.9. The molecule has 0 spiro atoms. The largest absolute Gasteiger partial charge is 0.337 e. The molecule has 1 heterocycles. The van der Waals surface area contributed by atoms with Gasteiger partial charge in [-0.2, -0.15) is 0 Å². The highest BCUT2D eigenvalue weighted by molar-refractivity contribution is 6.31. The fourth-order valence-corrected chi connectivity index (χ4v) is 2.01. The molecular weight excluding hydrogens is 253 g/mol. The van der Waals surface area contributed by atoms with Crippen LogP contribution in [0.1, 0.15) is 11.4 Å². The molecule has 3 nitrogen and oxygen atoms in total. The lowest BCUT2D eigenvalue weighted by atomic mass is 10.2. The molecule has 2 aromatic rings. The normalized spacial score (nSPS) is 11.2. The first-order valence-electron chi connectivity index (χ1n) is 5.65. The molecule has 0 fully saturated rings. The average Bonchev–Trinajstić information content (AvgIpc) is 2.69. The standard InChI is InChI=1S/C13H15ClFN3/c1-17(9-13-16-5-6-18(13)2)8-10-3-4-11(15)7-12(10)14/h3-7H,8-9H2,1-2H3. The molecule has 0 atom stereocenters. The van der Waals surface area contributed by atoms with Gasteiger partial charge in [-0.1, -0.05) is 17.7 Å². The highest BCUT2D eigenvalue weighted by Gasteiger charge is 2.08. The van der Waals surface area contributed by atoms with E-state index in [2.05, 4.69) is 9.88 Å². The van der Waals surface area contributed by atoms with Gasteiger partial charge in [0, 0.05) is 31.0 Å². The zero-order valence-corrected chi connectivity index (χ0v) is 11.2. The Morgan fingerprint density at radius 1 is 1.39 bits per heavy atom. The fraction of sp³-hybridized carbons (Fsp3) is 0.308. The summed E-state index contributed by atoms with van der Waals surface area (Å²) >= 11 is 6.00. The van der Waals surface area contributed by atoms with Gasteiger partial charge >= 0.3 is 0 Å². The van der Waals surface area contributed by atoms with Crippen molar-refractivity contribution < 1.29 is 4.39 Å². The van der Waals surface area contributed by atoms with Gasteiger partial charge in [0.25, 0.3) is 0 Å². The van der Waals surface area contributed by atoms with E-state index in [9.17, 15) is 4.39 Å². The number of halogens is 2. The van der Waals surface area contributed by atoms with Gasteiger partial charge in [-0.15, -0.1) is 0 Å². The van der Waals surface area contributed by atoms with Gasteiger partial charge in [-0.25, -0.2) is 9.37 Å². The van der Waals surface area contributed by atoms with Crippen LogP contribution in [0.4, 0.5) is 4.39 Å². The van der Waals surface area contributed by atoms with Crippen LogP contribution in [0.3, 0.4) is 0 Å². The first-order valence-corrected chi connectivity index (χ1v) is 6.02. The van der Waals surface area contributed by atoms with Gasteiger partial charge in [0.15, 0.2) is 0 Å². The number of hydrogen-bond donors (Lipinski definition) is 0. The molecule has 0 saturated carbocycles. The summed E-state index contributed by atoms with van der Waals surface area (Å²) in [6.45, 7) is 1.38. The maximum absolute atomic E-state index is 12.9. The van der Waals surface area contributed by atoms with Crippen LogP contribution in [-0.2, 0) is 20.1 Å². The van der Waals surface area contributed by atoms with Gasteiger partial charge < -0.3 is 4.57 Å². The molecular formula is C13H15ClFN3. The van der Waals surface area contributed by atoms with Gasteiger partial charge in [0.05, 0.1) is 6.54 Å². The molecule has 18 heavy (non-hydrogen) atoms. The predicted octanol–water partition coefficient (Wildman–Crippen LogP) is 2.84. The zero-order valence-electron chi connectivity index (χ0n) is 10.4. The third kappa shape index (κ3) is 3.09. The predicted molar refractivity (Wildman–Crippen MR) is 69.8 cm³/mol. The number of aryl methyl sites for hydroxylation is 1. The third-order valence-electron chi connectivity index (χ3n) is 2.79. The van der Waals surface area contributed by atoms with Crippen molar-refractivity contribution in [3.05, 3.63) is 52.8 Å². The van der Waals surface area contributed by atoms with E-state index in [0.29, 0.717) is 11.6 Å². The smallest absolute Gasteiger partial charge is 0.124 e. The van der Waals surface area contributed by atoms with Gasteiger partial charge in [0.2, 0.25) is 0 Å². The Kier molecular flexibility index (Phi) is 3.99. The summed E-state index contributed by atoms with van der Waals surface area (Å²) < 4.78 is 14.9. The van der Waals surface area contributed by atoms with Gasteiger partial charge in [-0.05, 0) is 24.7 Å². The number of rotatable bonds is 4. The lowest BCUT2D eigenvalue weighted by Crippen LogP contribution is -2.19. The summed E-state index contributed by atoms with van der Waals surface area (Å²) in [5.41, 5.74) is 0.912. The fourth-order valence-electron chi connectivity index (χ4n) is 1.79. The SMILES string of the molecule is CN(Cc1ccc(F)cc1Cl)Cc1nccn1C. The molecule has 0 amide bonds. The van der Waals surface area contributed by atoms with Crippen LogP contribution in [0.15, 0.2) is 30.6 Å². The van der Waals surface area contributed by atoms with Crippen molar-refractivity contribution in [3.8, 4) is 0 Å². The molecule has 5 heteroatoms. The number of benzene rings is 1. The number of imidazole rings is 1. The highest BCUT2D eigenvalue weighted by Crippen LogP contribution is 2.19. The van der Waals surface area contributed by atoms with E-state index in [-0.39, 0.29) is 5.82 Å². The quantitative estimate of drug-likeness (QED) is 0.849. The Morgan fingerprint density at radius 2 is 2.17 bits per heavy atom. The van der Waals surface area contributed by atoms with Gasteiger partial charge in [-0.3, -0.25) is 4.90 Å². The molecule has 1 aromatic heterocycles. The zero-order chi connectivity index (χ0) is 13.1. The van der Waals surface area contributed by atoms with E-state index in [1.807, 2.05) is 24.9 Å². The van der Waals surface area contributed by atoms with Crippen LogP contribution < -0.4 is 0 Å². The van der Waals surface area contributed by atoms with Crippen LogP contribution in [0.2, 0.25) is 5.02 Å². The van der Waals surface area contributed by atoms with E-state index >= 15 is 0 Å². The third-order valence-corrected chi connectivity index (χ3v) is 3.14. The maximum Gasteiger partial charge on any atom is 0.124 e. The van der Waals surface area contributed by atoms with E-state index in [4.69, 9.17) is 11.6 Å². The van der Waals surface area contributed by atoms with E-state index < -0.39 is 0 Å². The minimum Gasteiger partial charge on any atom is -0.337 e. The molecule has 0 N–H and O–H groups in total. The van der Waals surface area contributed by atoms with Crippen molar-refractivity contribution in [2.24, 2.45) is 7.05 Å². The second-order valence-electron chi connectivity index (χ2n) is 4.36. The summed E-state index contributed by atoms with van der Waals surface area (Å²) in [4.78, 5) is 6.35. The minimum absolute atomic E-state index is 0.310. The molecule has 0 unspecified atom stereocenters. The van der Waals surface area contributed by atoms with Crippen LogP contribution in [0.25, 0.3) is 0 Å². The summed E-state index contributed by atoms with van der Waals surface area (Å²) in [7, 11) is 3.94. The van der Waals surface area contributed by atoms with Crippen molar-refractivity contribution in [1.29, 1.82) is 0 Å². The second kappa shape index (κ2) is 5.50. The number of aromatic nitrogens is 2. The van der Waals surface area contributed by atoms with E-state index in [0.717, 1.165) is 17.9 Å². The number of nitrogens with zero attached hydrogens (tertiary/aromatic N) is 3. The summed E-state index contributed by atoms with van der Waals surface area (Å²) in [5, 5.41) is 0.460.